The van der Waals surface area contributed by atoms with E-state index in [0.717, 1.165) is 30.7 Å². The second-order valence-electron chi connectivity index (χ2n) is 4.28. The third kappa shape index (κ3) is 4.62. The summed E-state index contributed by atoms with van der Waals surface area (Å²) < 4.78 is 1.13. The number of nitrogens with zero attached hydrogens (tertiary/aromatic N) is 2. The highest BCUT2D eigenvalue weighted by atomic mass is 79.9. The van der Waals surface area contributed by atoms with Gasteiger partial charge in [-0.1, -0.05) is 40.2 Å². The van der Waals surface area contributed by atoms with Crippen LogP contribution in [-0.2, 0) is 0 Å². The van der Waals surface area contributed by atoms with Crippen LogP contribution in [0.3, 0.4) is 0 Å². The lowest BCUT2D eigenvalue weighted by atomic mass is 10.2. The SMILES string of the molecule is Brc1cccc(C=CCN2CCC[N]CC2)c1. The summed E-state index contributed by atoms with van der Waals surface area (Å²) in [7, 11) is 0. The van der Waals surface area contributed by atoms with E-state index in [-0.39, 0.29) is 0 Å². The lowest BCUT2D eigenvalue weighted by molar-refractivity contribution is 0.324. The van der Waals surface area contributed by atoms with Crippen LogP contribution in [0, 0.1) is 0 Å². The van der Waals surface area contributed by atoms with Gasteiger partial charge in [-0.05, 0) is 30.7 Å². The predicted octanol–water partition coefficient (Wildman–Crippen LogP) is 2.77. The molecule has 1 aliphatic rings. The molecule has 1 heterocycles. The number of benzene rings is 1. The number of halogens is 1. The van der Waals surface area contributed by atoms with Crippen molar-refractivity contribution in [1.82, 2.24) is 10.2 Å². The van der Waals surface area contributed by atoms with Gasteiger partial charge in [0, 0.05) is 30.7 Å². The maximum Gasteiger partial charge on any atom is 0.0261 e. The van der Waals surface area contributed by atoms with Gasteiger partial charge in [-0.15, -0.1) is 0 Å². The summed E-state index contributed by atoms with van der Waals surface area (Å²) in [5.41, 5.74) is 1.25. The van der Waals surface area contributed by atoms with Gasteiger partial charge in [0.15, 0.2) is 0 Å². The highest BCUT2D eigenvalue weighted by molar-refractivity contribution is 9.10. The highest BCUT2D eigenvalue weighted by Gasteiger charge is 2.06. The van der Waals surface area contributed by atoms with Gasteiger partial charge in [0.1, 0.15) is 0 Å². The first-order chi connectivity index (χ1) is 8.34. The van der Waals surface area contributed by atoms with Crippen LogP contribution in [0.5, 0.6) is 0 Å². The van der Waals surface area contributed by atoms with Crippen molar-refractivity contribution in [2.24, 2.45) is 0 Å². The summed E-state index contributed by atoms with van der Waals surface area (Å²) >= 11 is 3.48. The first kappa shape index (κ1) is 12.8. The zero-order chi connectivity index (χ0) is 11.9. The van der Waals surface area contributed by atoms with E-state index in [2.05, 4.69) is 56.5 Å². The van der Waals surface area contributed by atoms with Crippen LogP contribution >= 0.6 is 15.9 Å². The first-order valence-corrected chi connectivity index (χ1v) is 6.91. The summed E-state index contributed by atoms with van der Waals surface area (Å²) in [6.45, 7) is 5.33. The largest absolute Gasteiger partial charge is 0.298 e. The molecule has 3 heteroatoms. The standard InChI is InChI=1S/C14H18BrN2/c15-14-6-1-4-13(12-14)5-2-9-17-10-3-7-16-8-11-17/h1-2,4-6,12H,3,7-11H2. The van der Waals surface area contributed by atoms with E-state index in [0.29, 0.717) is 0 Å². The fourth-order valence-corrected chi connectivity index (χ4v) is 2.39. The third-order valence-electron chi connectivity index (χ3n) is 2.89. The minimum absolute atomic E-state index is 0.991. The van der Waals surface area contributed by atoms with E-state index in [4.69, 9.17) is 0 Å². The van der Waals surface area contributed by atoms with E-state index >= 15 is 0 Å². The van der Waals surface area contributed by atoms with Gasteiger partial charge < -0.3 is 0 Å². The summed E-state index contributed by atoms with van der Waals surface area (Å²) in [4.78, 5) is 2.46. The zero-order valence-electron chi connectivity index (χ0n) is 9.98. The molecule has 0 spiro atoms. The molecule has 1 saturated heterocycles. The van der Waals surface area contributed by atoms with Crippen LogP contribution in [0.4, 0.5) is 0 Å². The average molecular weight is 294 g/mol. The minimum atomic E-state index is 0.991. The van der Waals surface area contributed by atoms with E-state index < -0.39 is 0 Å². The second-order valence-corrected chi connectivity index (χ2v) is 5.20. The Morgan fingerprint density at radius 2 is 2.24 bits per heavy atom. The van der Waals surface area contributed by atoms with Gasteiger partial charge in [0.2, 0.25) is 0 Å². The molecule has 0 bridgehead atoms. The molecule has 0 unspecified atom stereocenters. The molecule has 1 aliphatic heterocycles. The molecule has 0 atom stereocenters. The molecule has 1 aromatic rings. The molecule has 17 heavy (non-hydrogen) atoms. The third-order valence-corrected chi connectivity index (χ3v) is 3.38. The molecule has 0 aromatic heterocycles. The molecule has 2 nitrogen and oxygen atoms in total. The Hall–Kier alpha value is -0.640. The maximum absolute atomic E-state index is 4.43. The molecule has 91 valence electrons. The molecular formula is C14H18BrN2. The molecule has 0 N–H and O–H groups in total. The van der Waals surface area contributed by atoms with Crippen LogP contribution in [0.15, 0.2) is 34.8 Å². The van der Waals surface area contributed by atoms with Crippen molar-refractivity contribution in [3.8, 4) is 0 Å². The van der Waals surface area contributed by atoms with Crippen molar-refractivity contribution in [3.05, 3.63) is 40.4 Å². The fraction of sp³-hybridized carbons (Fsp3) is 0.429. The van der Waals surface area contributed by atoms with Gasteiger partial charge in [0.05, 0.1) is 0 Å². The van der Waals surface area contributed by atoms with E-state index in [1.807, 2.05) is 6.07 Å². The van der Waals surface area contributed by atoms with Crippen molar-refractivity contribution >= 4 is 22.0 Å². The van der Waals surface area contributed by atoms with Crippen LogP contribution < -0.4 is 5.32 Å². The number of hydrogen-bond acceptors (Lipinski definition) is 1. The quantitative estimate of drug-likeness (QED) is 0.838. The first-order valence-electron chi connectivity index (χ1n) is 6.12. The minimum Gasteiger partial charge on any atom is -0.298 e. The van der Waals surface area contributed by atoms with Gasteiger partial charge in [-0.2, -0.15) is 0 Å². The Morgan fingerprint density at radius 1 is 1.29 bits per heavy atom. The Morgan fingerprint density at radius 3 is 3.12 bits per heavy atom. The van der Waals surface area contributed by atoms with E-state index in [1.54, 1.807) is 0 Å². The maximum atomic E-state index is 4.43. The monoisotopic (exact) mass is 293 g/mol. The normalized spacial score (nSPS) is 18.4. The van der Waals surface area contributed by atoms with Gasteiger partial charge >= 0.3 is 0 Å². The van der Waals surface area contributed by atoms with Gasteiger partial charge in [-0.25, -0.2) is 5.32 Å². The van der Waals surface area contributed by atoms with E-state index in [9.17, 15) is 0 Å². The van der Waals surface area contributed by atoms with Crippen molar-refractivity contribution in [3.63, 3.8) is 0 Å². The second kappa shape index (κ2) is 6.94. The highest BCUT2D eigenvalue weighted by Crippen LogP contribution is 2.12. The van der Waals surface area contributed by atoms with Gasteiger partial charge in [-0.3, -0.25) is 4.90 Å². The Balaban J connectivity index is 1.84. The summed E-state index contributed by atoms with van der Waals surface area (Å²) in [5, 5.41) is 4.43. The van der Waals surface area contributed by atoms with Crippen LogP contribution in [0.2, 0.25) is 0 Å². The van der Waals surface area contributed by atoms with Crippen molar-refractivity contribution in [1.29, 1.82) is 0 Å². The molecule has 2 rings (SSSR count). The number of hydrogen-bond donors (Lipinski definition) is 0. The summed E-state index contributed by atoms with van der Waals surface area (Å²) in [5.74, 6) is 0. The Bertz CT molecular complexity index is 368. The topological polar surface area (TPSA) is 17.3 Å². The number of rotatable bonds is 3. The van der Waals surface area contributed by atoms with Gasteiger partial charge in [0.25, 0.3) is 0 Å². The molecule has 1 aromatic carbocycles. The molecule has 1 radical (unpaired) electrons. The Labute approximate surface area is 112 Å². The van der Waals surface area contributed by atoms with Crippen LogP contribution in [-0.4, -0.2) is 37.6 Å². The van der Waals surface area contributed by atoms with Crippen molar-refractivity contribution in [2.45, 2.75) is 6.42 Å². The lowest BCUT2D eigenvalue weighted by Gasteiger charge is -2.16. The molecule has 0 aliphatic carbocycles. The average Bonchev–Trinajstić information content (AvgIpc) is 2.58. The predicted molar refractivity (Wildman–Crippen MR) is 76.1 cm³/mol. The molecule has 0 saturated carbocycles. The zero-order valence-corrected chi connectivity index (χ0v) is 11.6. The Kier molecular flexibility index (Phi) is 5.23. The fourth-order valence-electron chi connectivity index (χ4n) is 1.97. The summed E-state index contributed by atoms with van der Waals surface area (Å²) in [6.07, 6.45) is 5.63. The van der Waals surface area contributed by atoms with Crippen LogP contribution in [0.25, 0.3) is 6.08 Å². The van der Waals surface area contributed by atoms with E-state index in [1.165, 1.54) is 18.5 Å². The van der Waals surface area contributed by atoms with Crippen molar-refractivity contribution in [2.75, 3.05) is 32.7 Å². The van der Waals surface area contributed by atoms with Crippen LogP contribution in [0.1, 0.15) is 12.0 Å². The smallest absolute Gasteiger partial charge is 0.0261 e. The lowest BCUT2D eigenvalue weighted by Crippen LogP contribution is -2.27. The molecule has 1 fully saturated rings. The molecule has 0 amide bonds. The van der Waals surface area contributed by atoms with Crippen molar-refractivity contribution < 1.29 is 0 Å². The molecular weight excluding hydrogens is 276 g/mol. The summed E-state index contributed by atoms with van der Waals surface area (Å²) in [6, 6.07) is 8.37.